The van der Waals surface area contributed by atoms with Crippen LogP contribution in [0.1, 0.15) is 13.3 Å². The summed E-state index contributed by atoms with van der Waals surface area (Å²) < 4.78 is 0. The Bertz CT molecular complexity index is 184. The Morgan fingerprint density at radius 2 is 2.40 bits per heavy atom. The van der Waals surface area contributed by atoms with E-state index in [4.69, 9.17) is 0 Å². The summed E-state index contributed by atoms with van der Waals surface area (Å²) in [6.07, 6.45) is 8.07. The van der Waals surface area contributed by atoms with Gasteiger partial charge in [-0.25, -0.2) is 5.11 Å². The fourth-order valence-electron chi connectivity index (χ4n) is 1.01. The first kappa shape index (κ1) is 7.89. The van der Waals surface area contributed by atoms with E-state index in [1.54, 1.807) is 6.08 Å². The maximum atomic E-state index is 11.5. The first-order chi connectivity index (χ1) is 4.66. The Kier molecular flexibility index (Phi) is 2.21. The summed E-state index contributed by atoms with van der Waals surface area (Å²) in [5.41, 5.74) is 1.17. The lowest BCUT2D eigenvalue weighted by atomic mass is 10.0. The zero-order valence-electron chi connectivity index (χ0n) is 6.26. The standard InChI is InChI=1S/C8H11OS/c1-7-4-3-5-8(9,6-7)10-2/h3-5H,6H2,1-2H3. The van der Waals surface area contributed by atoms with Crippen molar-refractivity contribution in [3.05, 3.63) is 23.8 Å². The topological polar surface area (TPSA) is 19.9 Å². The molecule has 0 aromatic rings. The van der Waals surface area contributed by atoms with Crippen molar-refractivity contribution in [3.63, 3.8) is 0 Å². The van der Waals surface area contributed by atoms with Crippen molar-refractivity contribution in [2.45, 2.75) is 18.3 Å². The lowest BCUT2D eigenvalue weighted by Crippen LogP contribution is -2.20. The molecule has 1 radical (unpaired) electrons. The Balaban J connectivity index is 2.71. The monoisotopic (exact) mass is 155 g/mol. The molecule has 2 heteroatoms. The minimum absolute atomic E-state index is 0.644. The molecule has 0 N–H and O–H groups in total. The van der Waals surface area contributed by atoms with Crippen LogP contribution in [0.3, 0.4) is 0 Å². The van der Waals surface area contributed by atoms with Gasteiger partial charge in [-0.05, 0) is 19.3 Å². The molecular weight excluding hydrogens is 144 g/mol. The highest BCUT2D eigenvalue weighted by Gasteiger charge is 2.26. The average molecular weight is 155 g/mol. The highest BCUT2D eigenvalue weighted by atomic mass is 32.2. The Hall–Kier alpha value is -0.210. The second-order valence-electron chi connectivity index (χ2n) is 2.56. The fourth-order valence-corrected chi connectivity index (χ4v) is 1.59. The minimum atomic E-state index is -0.890. The molecule has 1 unspecified atom stereocenters. The van der Waals surface area contributed by atoms with Gasteiger partial charge in [-0.2, -0.15) is 0 Å². The maximum Gasteiger partial charge on any atom is 0.171 e. The van der Waals surface area contributed by atoms with Gasteiger partial charge in [0.25, 0.3) is 0 Å². The SMILES string of the molecule is CSC1([O])C=CC=C(C)C1. The lowest BCUT2D eigenvalue weighted by molar-refractivity contribution is 0.0974. The lowest BCUT2D eigenvalue weighted by Gasteiger charge is -2.21. The zero-order valence-corrected chi connectivity index (χ0v) is 7.07. The molecule has 1 nitrogen and oxygen atoms in total. The van der Waals surface area contributed by atoms with E-state index in [1.807, 2.05) is 25.3 Å². The van der Waals surface area contributed by atoms with Crippen LogP contribution in [0.5, 0.6) is 0 Å². The summed E-state index contributed by atoms with van der Waals surface area (Å²) in [6.45, 7) is 1.99. The predicted octanol–water partition coefficient (Wildman–Crippen LogP) is 2.38. The quantitative estimate of drug-likeness (QED) is 0.532. The summed E-state index contributed by atoms with van der Waals surface area (Å²) >= 11 is 1.37. The van der Waals surface area contributed by atoms with Gasteiger partial charge in [0.05, 0.1) is 0 Å². The first-order valence-corrected chi connectivity index (χ1v) is 4.49. The molecular formula is C8H11OS. The van der Waals surface area contributed by atoms with Gasteiger partial charge in [0.15, 0.2) is 4.93 Å². The Morgan fingerprint density at radius 1 is 1.70 bits per heavy atom. The minimum Gasteiger partial charge on any atom is -0.213 e. The second-order valence-corrected chi connectivity index (χ2v) is 3.66. The first-order valence-electron chi connectivity index (χ1n) is 3.27. The van der Waals surface area contributed by atoms with Gasteiger partial charge in [-0.1, -0.05) is 17.7 Å². The Morgan fingerprint density at radius 3 is 2.80 bits per heavy atom. The smallest absolute Gasteiger partial charge is 0.171 e. The van der Waals surface area contributed by atoms with Crippen molar-refractivity contribution in [1.29, 1.82) is 0 Å². The van der Waals surface area contributed by atoms with E-state index in [9.17, 15) is 5.11 Å². The van der Waals surface area contributed by atoms with Crippen LogP contribution >= 0.6 is 11.8 Å². The largest absolute Gasteiger partial charge is 0.213 e. The van der Waals surface area contributed by atoms with E-state index in [0.29, 0.717) is 6.42 Å². The van der Waals surface area contributed by atoms with Crippen molar-refractivity contribution < 1.29 is 5.11 Å². The summed E-state index contributed by atoms with van der Waals surface area (Å²) in [6, 6.07) is 0. The van der Waals surface area contributed by atoms with Gasteiger partial charge < -0.3 is 0 Å². The third-order valence-electron chi connectivity index (χ3n) is 1.60. The van der Waals surface area contributed by atoms with E-state index in [2.05, 4.69) is 0 Å². The summed E-state index contributed by atoms with van der Waals surface area (Å²) in [4.78, 5) is -0.890. The number of hydrogen-bond acceptors (Lipinski definition) is 1. The van der Waals surface area contributed by atoms with E-state index in [0.717, 1.165) is 0 Å². The van der Waals surface area contributed by atoms with Gasteiger partial charge >= 0.3 is 0 Å². The summed E-state index contributed by atoms with van der Waals surface area (Å²) in [5.74, 6) is 0. The number of hydrogen-bond donors (Lipinski definition) is 0. The molecule has 1 atom stereocenters. The molecule has 0 aromatic carbocycles. The van der Waals surface area contributed by atoms with Crippen LogP contribution in [-0.2, 0) is 5.11 Å². The third kappa shape index (κ3) is 1.64. The molecule has 1 rings (SSSR count). The van der Waals surface area contributed by atoms with Crippen LogP contribution in [0.4, 0.5) is 0 Å². The molecule has 55 valence electrons. The molecule has 0 saturated carbocycles. The molecule has 0 fully saturated rings. The molecule has 0 heterocycles. The zero-order chi connectivity index (χ0) is 7.61. The number of rotatable bonds is 1. The molecule has 0 bridgehead atoms. The summed E-state index contributed by atoms with van der Waals surface area (Å²) in [7, 11) is 0. The second kappa shape index (κ2) is 2.81. The maximum absolute atomic E-state index is 11.5. The van der Waals surface area contributed by atoms with Crippen LogP contribution in [0.25, 0.3) is 0 Å². The molecule has 0 saturated heterocycles. The van der Waals surface area contributed by atoms with Crippen LogP contribution in [0.2, 0.25) is 0 Å². The van der Waals surface area contributed by atoms with Crippen LogP contribution in [-0.4, -0.2) is 11.2 Å². The predicted molar refractivity (Wildman–Crippen MR) is 44.4 cm³/mol. The highest BCUT2D eigenvalue weighted by molar-refractivity contribution is 7.99. The van der Waals surface area contributed by atoms with Crippen molar-refractivity contribution in [2.24, 2.45) is 0 Å². The average Bonchev–Trinajstić information content (AvgIpc) is 1.88. The number of allylic oxidation sites excluding steroid dienone is 2. The van der Waals surface area contributed by atoms with Crippen molar-refractivity contribution in [1.82, 2.24) is 0 Å². The van der Waals surface area contributed by atoms with Crippen LogP contribution in [0, 0.1) is 0 Å². The van der Waals surface area contributed by atoms with Crippen LogP contribution < -0.4 is 0 Å². The number of thioether (sulfide) groups is 1. The Labute approximate surface area is 65.8 Å². The van der Waals surface area contributed by atoms with Gasteiger partial charge in [0, 0.05) is 6.42 Å². The van der Waals surface area contributed by atoms with E-state index < -0.39 is 4.93 Å². The molecule has 1 aliphatic carbocycles. The molecule has 0 amide bonds. The normalized spacial score (nSPS) is 32.1. The van der Waals surface area contributed by atoms with E-state index in [-0.39, 0.29) is 0 Å². The van der Waals surface area contributed by atoms with E-state index >= 15 is 0 Å². The van der Waals surface area contributed by atoms with Gasteiger partial charge in [-0.15, -0.1) is 11.8 Å². The molecule has 1 aliphatic rings. The van der Waals surface area contributed by atoms with Crippen molar-refractivity contribution in [2.75, 3.05) is 6.26 Å². The molecule has 10 heavy (non-hydrogen) atoms. The third-order valence-corrected chi connectivity index (χ3v) is 2.57. The van der Waals surface area contributed by atoms with Crippen molar-refractivity contribution in [3.8, 4) is 0 Å². The molecule has 0 aromatic heterocycles. The highest BCUT2D eigenvalue weighted by Crippen LogP contribution is 2.31. The fraction of sp³-hybridized carbons (Fsp3) is 0.500. The van der Waals surface area contributed by atoms with E-state index in [1.165, 1.54) is 17.3 Å². The summed E-state index contributed by atoms with van der Waals surface area (Å²) in [5, 5.41) is 11.5. The van der Waals surface area contributed by atoms with Gasteiger partial charge in [0.1, 0.15) is 0 Å². The van der Waals surface area contributed by atoms with Crippen molar-refractivity contribution >= 4 is 11.8 Å². The molecule has 0 spiro atoms. The van der Waals surface area contributed by atoms with Gasteiger partial charge in [0.2, 0.25) is 0 Å². The molecule has 0 aliphatic heterocycles. The van der Waals surface area contributed by atoms with Crippen LogP contribution in [0.15, 0.2) is 23.8 Å². The van der Waals surface area contributed by atoms with Gasteiger partial charge in [-0.3, -0.25) is 0 Å².